The van der Waals surface area contributed by atoms with Crippen LogP contribution in [0.3, 0.4) is 0 Å². The molecule has 0 aliphatic carbocycles. The molecule has 1 heterocycles. The summed E-state index contributed by atoms with van der Waals surface area (Å²) in [7, 11) is 0. The number of aromatic hydroxyl groups is 1. The van der Waals surface area contributed by atoms with E-state index in [1.54, 1.807) is 24.3 Å². The summed E-state index contributed by atoms with van der Waals surface area (Å²) in [5.74, 6) is 0.0277. The third-order valence-electron chi connectivity index (χ3n) is 2.73. The number of hydrogen-bond donors (Lipinski definition) is 1. The van der Waals surface area contributed by atoms with E-state index in [1.165, 1.54) is 17.0 Å². The number of benzene rings is 1. The third-order valence-corrected chi connectivity index (χ3v) is 3.04. The molecule has 1 aliphatic heterocycles. The Bertz CT molecular complexity index is 567. The molecule has 1 N–H and O–H groups in total. The van der Waals surface area contributed by atoms with E-state index in [1.807, 2.05) is 0 Å². The number of nitrogens with zero attached hydrogens (tertiary/aromatic N) is 1. The Balaban J connectivity index is 2.42. The Morgan fingerprint density at radius 2 is 2.11 bits per heavy atom. The summed E-state index contributed by atoms with van der Waals surface area (Å²) in [6, 6.07) is 4.43. The number of phenols is 1. The highest BCUT2D eigenvalue weighted by molar-refractivity contribution is 6.32. The van der Waals surface area contributed by atoms with Crippen molar-refractivity contribution in [2.75, 3.05) is 6.54 Å². The van der Waals surface area contributed by atoms with Crippen LogP contribution in [0.25, 0.3) is 5.70 Å². The van der Waals surface area contributed by atoms with Crippen LogP contribution in [-0.4, -0.2) is 23.0 Å². The van der Waals surface area contributed by atoms with Crippen LogP contribution < -0.4 is 0 Å². The second-order valence-corrected chi connectivity index (χ2v) is 4.48. The molecule has 0 atom stereocenters. The Morgan fingerprint density at radius 3 is 2.74 bits per heavy atom. The topological polar surface area (TPSA) is 23.5 Å². The first-order valence-corrected chi connectivity index (χ1v) is 5.98. The average Bonchev–Trinajstić information content (AvgIpc) is 2.32. The molecule has 2 nitrogen and oxygen atoms in total. The van der Waals surface area contributed by atoms with Gasteiger partial charge in [0.05, 0.1) is 17.3 Å². The smallest absolute Gasteiger partial charge is 0.256 e. The molecular weight excluding hydrogens is 272 g/mol. The summed E-state index contributed by atoms with van der Waals surface area (Å²) in [5, 5.41) is 9.63. The lowest BCUT2D eigenvalue weighted by atomic mass is 10.1. The van der Waals surface area contributed by atoms with Gasteiger partial charge in [0.25, 0.3) is 6.43 Å². The molecule has 0 amide bonds. The van der Waals surface area contributed by atoms with Gasteiger partial charge in [-0.15, -0.1) is 0 Å². The number of phenolic OH excluding ortho intramolecular Hbond substituents is 1. The molecule has 0 spiro atoms. The normalized spacial score (nSPS) is 15.1. The fraction of sp³-hybridized carbons (Fsp3) is 0.143. The summed E-state index contributed by atoms with van der Waals surface area (Å²) in [4.78, 5) is 1.41. The highest BCUT2D eigenvalue weighted by atomic mass is 35.5. The lowest BCUT2D eigenvalue weighted by molar-refractivity contribution is 0.123. The molecule has 0 saturated carbocycles. The highest BCUT2D eigenvalue weighted by Gasteiger charge is 2.21. The predicted molar refractivity (Wildman–Crippen MR) is 72.1 cm³/mol. The quantitative estimate of drug-likeness (QED) is 0.905. The molecule has 0 unspecified atom stereocenters. The SMILES string of the molecule is C=C1C=CC=C(c2ccc(O)cc2Cl)N1CC(F)F. The minimum Gasteiger partial charge on any atom is -0.508 e. The van der Waals surface area contributed by atoms with Crippen molar-refractivity contribution in [3.8, 4) is 5.75 Å². The maximum atomic E-state index is 12.6. The summed E-state index contributed by atoms with van der Waals surface area (Å²) >= 11 is 6.04. The maximum Gasteiger partial charge on any atom is 0.256 e. The minimum absolute atomic E-state index is 0.0277. The molecule has 0 bridgehead atoms. The van der Waals surface area contributed by atoms with Crippen molar-refractivity contribution in [2.24, 2.45) is 0 Å². The summed E-state index contributed by atoms with van der Waals surface area (Å²) in [5.41, 5.74) is 1.59. The number of rotatable bonds is 3. The molecule has 19 heavy (non-hydrogen) atoms. The van der Waals surface area contributed by atoms with E-state index < -0.39 is 13.0 Å². The zero-order valence-electron chi connectivity index (χ0n) is 9.98. The first kappa shape index (κ1) is 13.6. The first-order chi connectivity index (χ1) is 8.99. The molecule has 1 aromatic rings. The second kappa shape index (κ2) is 5.45. The zero-order chi connectivity index (χ0) is 14.0. The van der Waals surface area contributed by atoms with E-state index in [0.29, 0.717) is 22.0 Å². The van der Waals surface area contributed by atoms with E-state index in [0.717, 1.165) is 0 Å². The van der Waals surface area contributed by atoms with E-state index in [2.05, 4.69) is 6.58 Å². The molecule has 0 radical (unpaired) electrons. The lowest BCUT2D eigenvalue weighted by Crippen LogP contribution is -2.27. The van der Waals surface area contributed by atoms with Gasteiger partial charge in [0.1, 0.15) is 5.75 Å². The number of hydrogen-bond acceptors (Lipinski definition) is 2. The van der Waals surface area contributed by atoms with Gasteiger partial charge in [0.15, 0.2) is 0 Å². The first-order valence-electron chi connectivity index (χ1n) is 5.61. The van der Waals surface area contributed by atoms with Crippen molar-refractivity contribution >= 4 is 17.3 Å². The maximum absolute atomic E-state index is 12.6. The lowest BCUT2D eigenvalue weighted by Gasteiger charge is -2.30. The van der Waals surface area contributed by atoms with Crippen LogP contribution in [0.1, 0.15) is 5.56 Å². The predicted octanol–water partition coefficient (Wildman–Crippen LogP) is 4.04. The number of alkyl halides is 2. The highest BCUT2D eigenvalue weighted by Crippen LogP contribution is 2.33. The molecule has 2 rings (SSSR count). The van der Waals surface area contributed by atoms with Crippen molar-refractivity contribution in [1.82, 2.24) is 4.90 Å². The van der Waals surface area contributed by atoms with Crippen LogP contribution in [0.15, 0.2) is 48.7 Å². The number of allylic oxidation sites excluding steroid dienone is 3. The fourth-order valence-electron chi connectivity index (χ4n) is 1.89. The summed E-state index contributed by atoms with van der Waals surface area (Å²) in [6.07, 6.45) is 2.58. The van der Waals surface area contributed by atoms with Crippen LogP contribution in [-0.2, 0) is 0 Å². The van der Waals surface area contributed by atoms with Gasteiger partial charge in [0, 0.05) is 11.3 Å². The molecule has 1 aromatic carbocycles. The van der Waals surface area contributed by atoms with Crippen molar-refractivity contribution in [1.29, 1.82) is 0 Å². The van der Waals surface area contributed by atoms with Crippen LogP contribution in [0, 0.1) is 0 Å². The minimum atomic E-state index is -2.48. The Labute approximate surface area is 114 Å². The van der Waals surface area contributed by atoms with E-state index in [-0.39, 0.29) is 5.75 Å². The van der Waals surface area contributed by atoms with Crippen LogP contribution in [0.5, 0.6) is 5.75 Å². The van der Waals surface area contributed by atoms with Gasteiger partial charge < -0.3 is 10.0 Å². The summed E-state index contributed by atoms with van der Waals surface area (Å²) in [6.45, 7) is 3.29. The standard InChI is InChI=1S/C14H12ClF2NO/c1-9-3-2-4-13(18(9)8-14(16)17)11-6-5-10(19)7-12(11)15/h2-7,14,19H,1,8H2. The molecule has 0 aromatic heterocycles. The van der Waals surface area contributed by atoms with Gasteiger partial charge in [-0.05, 0) is 30.4 Å². The van der Waals surface area contributed by atoms with Crippen molar-refractivity contribution < 1.29 is 13.9 Å². The van der Waals surface area contributed by atoms with Gasteiger partial charge in [-0.1, -0.05) is 24.3 Å². The molecule has 5 heteroatoms. The van der Waals surface area contributed by atoms with E-state index in [9.17, 15) is 13.9 Å². The van der Waals surface area contributed by atoms with Crippen LogP contribution in [0.4, 0.5) is 8.78 Å². The van der Waals surface area contributed by atoms with E-state index >= 15 is 0 Å². The number of halogens is 3. The van der Waals surface area contributed by atoms with Gasteiger partial charge >= 0.3 is 0 Å². The Morgan fingerprint density at radius 1 is 1.37 bits per heavy atom. The monoisotopic (exact) mass is 283 g/mol. The van der Waals surface area contributed by atoms with E-state index in [4.69, 9.17) is 11.6 Å². The fourth-order valence-corrected chi connectivity index (χ4v) is 2.16. The van der Waals surface area contributed by atoms with Crippen LogP contribution >= 0.6 is 11.6 Å². The molecule has 0 saturated heterocycles. The Hall–Kier alpha value is -1.81. The van der Waals surface area contributed by atoms with Gasteiger partial charge in [0.2, 0.25) is 0 Å². The second-order valence-electron chi connectivity index (χ2n) is 4.07. The average molecular weight is 284 g/mol. The van der Waals surface area contributed by atoms with Crippen LogP contribution in [0.2, 0.25) is 5.02 Å². The van der Waals surface area contributed by atoms with Gasteiger partial charge in [-0.25, -0.2) is 8.78 Å². The molecular formula is C14H12ClF2NO. The Kier molecular flexibility index (Phi) is 3.90. The largest absolute Gasteiger partial charge is 0.508 e. The van der Waals surface area contributed by atoms with Gasteiger partial charge in [-0.3, -0.25) is 0 Å². The van der Waals surface area contributed by atoms with Crippen molar-refractivity contribution in [2.45, 2.75) is 6.43 Å². The van der Waals surface area contributed by atoms with Gasteiger partial charge in [-0.2, -0.15) is 0 Å². The molecule has 0 fully saturated rings. The van der Waals surface area contributed by atoms with Crippen molar-refractivity contribution in [3.63, 3.8) is 0 Å². The zero-order valence-corrected chi connectivity index (χ0v) is 10.7. The summed E-state index contributed by atoms with van der Waals surface area (Å²) < 4.78 is 25.3. The molecule has 100 valence electrons. The third kappa shape index (κ3) is 2.96. The molecule has 1 aliphatic rings. The van der Waals surface area contributed by atoms with Crippen molar-refractivity contribution in [3.05, 3.63) is 59.3 Å².